The van der Waals surface area contributed by atoms with Crippen LogP contribution >= 0.6 is 0 Å². The summed E-state index contributed by atoms with van der Waals surface area (Å²) >= 11 is 0. The second-order valence-electron chi connectivity index (χ2n) is 4.57. The van der Waals surface area contributed by atoms with Crippen LogP contribution in [-0.4, -0.2) is 56.6 Å². The summed E-state index contributed by atoms with van der Waals surface area (Å²) in [5, 5.41) is 0. The molecule has 0 saturated heterocycles. The largest absolute Gasteiger partial charge is 1.00 e. The Morgan fingerprint density at radius 3 is 2.50 bits per heavy atom. The van der Waals surface area contributed by atoms with Gasteiger partial charge in [-0.05, 0) is 26.9 Å². The Hall–Kier alpha value is 0.650. The first-order valence-corrected chi connectivity index (χ1v) is 4.96. The first kappa shape index (κ1) is 7.07. The van der Waals surface area contributed by atoms with Gasteiger partial charge in [-0.3, -0.25) is 0 Å². The lowest BCUT2D eigenvalue weighted by Crippen LogP contribution is -3.00. The molecule has 3 heteroatoms. The summed E-state index contributed by atoms with van der Waals surface area (Å²) in [5.41, 5.74) is 0. The number of likely N-dealkylation sites (N-methyl/N-ethyl adjacent to an activating group) is 2. The van der Waals surface area contributed by atoms with E-state index in [9.17, 15) is 0 Å². The monoisotopic (exact) mass is 318 g/mol. The number of hydrogen-bond acceptors (Lipinski definition) is 1. The lowest BCUT2D eigenvalue weighted by Gasteiger charge is -2.44. The van der Waals surface area contributed by atoms with Crippen LogP contribution < -0.4 is 24.0 Å². The zero-order chi connectivity index (χ0) is 15.1. The standard InChI is InChI=1S/C11H25N2.HI/c1-12(2)10-8-6-7-9-11(10)13(3,4)5;/h10-11H,6-9H2,1-5H3;1H/q+1;/p-1/t10-,11-;/m1./s1/i1D3,3D3;. The highest BCUT2D eigenvalue weighted by Crippen LogP contribution is 2.27. The fraction of sp³-hybridized carbons (Fsp3) is 1.00. The lowest BCUT2D eigenvalue weighted by atomic mass is 9.88. The molecule has 1 aliphatic rings. The van der Waals surface area contributed by atoms with Gasteiger partial charge >= 0.3 is 0 Å². The van der Waals surface area contributed by atoms with Crippen LogP contribution in [-0.2, 0) is 0 Å². The molecular formula is C11H25IN2. The maximum atomic E-state index is 7.70. The zero-order valence-electron chi connectivity index (χ0n) is 15.3. The van der Waals surface area contributed by atoms with E-state index in [1.54, 1.807) is 21.1 Å². The third-order valence-corrected chi connectivity index (χ3v) is 3.02. The van der Waals surface area contributed by atoms with Gasteiger partial charge < -0.3 is 33.4 Å². The Bertz CT molecular complexity index is 315. The fourth-order valence-electron chi connectivity index (χ4n) is 2.30. The molecule has 0 aromatic carbocycles. The van der Waals surface area contributed by atoms with Crippen molar-refractivity contribution in [3.05, 3.63) is 0 Å². The number of halogens is 1. The third-order valence-electron chi connectivity index (χ3n) is 3.02. The predicted octanol–water partition coefficient (Wildman–Crippen LogP) is -1.43. The minimum absolute atomic E-state index is 0. The van der Waals surface area contributed by atoms with Crippen LogP contribution in [0.3, 0.4) is 0 Å². The maximum Gasteiger partial charge on any atom is 0.104 e. The van der Waals surface area contributed by atoms with Crippen molar-refractivity contribution in [1.82, 2.24) is 4.90 Å². The summed E-state index contributed by atoms with van der Waals surface area (Å²) < 4.78 is 45.6. The Balaban J connectivity index is 0.00000361. The first-order chi connectivity index (χ1) is 8.39. The minimum Gasteiger partial charge on any atom is -1.00 e. The molecule has 0 bridgehead atoms. The molecule has 0 N–H and O–H groups in total. The molecule has 2 nitrogen and oxygen atoms in total. The highest BCUT2D eigenvalue weighted by Gasteiger charge is 2.35. The average molecular weight is 318 g/mol. The maximum absolute atomic E-state index is 7.70. The van der Waals surface area contributed by atoms with Gasteiger partial charge in [0.05, 0.1) is 31.2 Å². The molecular weight excluding hydrogens is 287 g/mol. The zero-order valence-corrected chi connectivity index (χ0v) is 11.4. The van der Waals surface area contributed by atoms with Crippen molar-refractivity contribution < 1.29 is 36.7 Å². The summed E-state index contributed by atoms with van der Waals surface area (Å²) in [6, 6.07) is -0.386. The topological polar surface area (TPSA) is 3.24 Å². The molecule has 1 saturated carbocycles. The summed E-state index contributed by atoms with van der Waals surface area (Å²) in [6.07, 6.45) is 3.43. The molecule has 1 rings (SSSR count). The first-order valence-electron chi connectivity index (χ1n) is 7.96. The van der Waals surface area contributed by atoms with E-state index in [1.165, 1.54) is 4.90 Å². The molecule has 2 atom stereocenters. The van der Waals surface area contributed by atoms with E-state index < -0.39 is 14.0 Å². The summed E-state index contributed by atoms with van der Waals surface area (Å²) in [6.45, 7) is -4.30. The molecule has 1 aliphatic carbocycles. The van der Waals surface area contributed by atoms with E-state index in [-0.39, 0.29) is 40.5 Å². The highest BCUT2D eigenvalue weighted by molar-refractivity contribution is 4.81. The van der Waals surface area contributed by atoms with Gasteiger partial charge in [-0.2, -0.15) is 0 Å². The summed E-state index contributed by atoms with van der Waals surface area (Å²) in [4.78, 5) is 1.38. The van der Waals surface area contributed by atoms with E-state index in [4.69, 9.17) is 8.22 Å². The molecule has 14 heavy (non-hydrogen) atoms. The number of quaternary nitrogens is 1. The van der Waals surface area contributed by atoms with Crippen LogP contribution in [0.25, 0.3) is 0 Å². The van der Waals surface area contributed by atoms with Crippen LogP contribution in [0.1, 0.15) is 33.9 Å². The summed E-state index contributed by atoms with van der Waals surface area (Å²) in [5.74, 6) is 0. The molecule has 0 aromatic rings. The van der Waals surface area contributed by atoms with Crippen LogP contribution in [0, 0.1) is 0 Å². The van der Waals surface area contributed by atoms with Gasteiger partial charge in [0.15, 0.2) is 0 Å². The van der Waals surface area contributed by atoms with Crippen LogP contribution in [0.15, 0.2) is 0 Å². The number of nitrogens with zero attached hydrogens (tertiary/aromatic N) is 2. The molecule has 0 aromatic heterocycles. The van der Waals surface area contributed by atoms with Gasteiger partial charge in [0.25, 0.3) is 0 Å². The van der Waals surface area contributed by atoms with Gasteiger partial charge in [0.1, 0.15) is 6.04 Å². The molecule has 0 amide bonds. The average Bonchev–Trinajstić information content (AvgIpc) is 2.25. The van der Waals surface area contributed by atoms with Crippen molar-refractivity contribution >= 4 is 0 Å². The van der Waals surface area contributed by atoms with Gasteiger partial charge in [0.2, 0.25) is 0 Å². The Kier molecular flexibility index (Phi) is 2.86. The van der Waals surface area contributed by atoms with Crippen molar-refractivity contribution in [3.8, 4) is 0 Å². The van der Waals surface area contributed by atoms with Crippen molar-refractivity contribution in [2.75, 3.05) is 35.1 Å². The highest BCUT2D eigenvalue weighted by atomic mass is 127. The van der Waals surface area contributed by atoms with Crippen molar-refractivity contribution in [3.63, 3.8) is 0 Å². The van der Waals surface area contributed by atoms with Gasteiger partial charge in [-0.25, -0.2) is 0 Å². The van der Waals surface area contributed by atoms with E-state index in [1.807, 2.05) is 0 Å². The fourth-order valence-corrected chi connectivity index (χ4v) is 2.30. The smallest absolute Gasteiger partial charge is 0.104 e. The number of rotatable bonds is 2. The van der Waals surface area contributed by atoms with E-state index >= 15 is 0 Å². The SMILES string of the molecule is [2H]C([2H])([2H])N(C)[C@@H]1CCCC[C@H]1[N+](C)(C)C([2H])([2H])[2H].[I-]. The molecule has 0 aliphatic heterocycles. The predicted molar refractivity (Wildman–Crippen MR) is 57.8 cm³/mol. The van der Waals surface area contributed by atoms with Crippen molar-refractivity contribution in [2.45, 2.75) is 37.8 Å². The molecule has 0 unspecified atom stereocenters. The molecule has 0 heterocycles. The second kappa shape index (κ2) is 5.66. The van der Waals surface area contributed by atoms with Gasteiger partial charge in [-0.1, -0.05) is 6.42 Å². The second-order valence-corrected chi connectivity index (χ2v) is 4.57. The Morgan fingerprint density at radius 2 is 1.93 bits per heavy atom. The molecule has 0 radical (unpaired) electrons. The van der Waals surface area contributed by atoms with Gasteiger partial charge in [-0.15, -0.1) is 0 Å². The van der Waals surface area contributed by atoms with E-state index in [0.29, 0.717) is 0 Å². The van der Waals surface area contributed by atoms with Crippen molar-refractivity contribution in [2.24, 2.45) is 0 Å². The summed E-state index contributed by atoms with van der Waals surface area (Å²) in [7, 11) is 4.95. The molecule has 0 spiro atoms. The lowest BCUT2D eigenvalue weighted by molar-refractivity contribution is -0.899. The van der Waals surface area contributed by atoms with E-state index in [0.717, 1.165) is 25.7 Å². The van der Waals surface area contributed by atoms with E-state index in [2.05, 4.69) is 0 Å². The van der Waals surface area contributed by atoms with Crippen LogP contribution in [0.4, 0.5) is 0 Å². The van der Waals surface area contributed by atoms with Crippen LogP contribution in [0.2, 0.25) is 0 Å². The third kappa shape index (κ3) is 3.66. The van der Waals surface area contributed by atoms with Crippen molar-refractivity contribution in [1.29, 1.82) is 0 Å². The van der Waals surface area contributed by atoms with Crippen LogP contribution in [0.5, 0.6) is 0 Å². The van der Waals surface area contributed by atoms with Gasteiger partial charge in [0, 0.05) is 10.5 Å². The Labute approximate surface area is 115 Å². The quantitative estimate of drug-likeness (QED) is 0.446. The number of hydrogen-bond donors (Lipinski definition) is 0. The Morgan fingerprint density at radius 1 is 1.29 bits per heavy atom. The molecule has 86 valence electrons. The minimum atomic E-state index is -2.17. The molecule has 1 fully saturated rings. The normalized spacial score (nSPS) is 36.9.